The number of nitrogens with one attached hydrogen (secondary N) is 2. The van der Waals surface area contributed by atoms with Crippen LogP contribution in [-0.2, 0) is 0 Å². The molecule has 27 heavy (non-hydrogen) atoms. The van der Waals surface area contributed by atoms with E-state index < -0.39 is 5.91 Å². The van der Waals surface area contributed by atoms with Gasteiger partial charge in [-0.2, -0.15) is 0 Å². The molecule has 1 amide bonds. The van der Waals surface area contributed by atoms with Crippen molar-refractivity contribution in [3.8, 4) is 5.75 Å². The highest BCUT2D eigenvalue weighted by atomic mass is 19.1. The number of amides is 1. The first-order chi connectivity index (χ1) is 12.9. The number of carbonyl (C=O) groups is 1. The molecule has 6 nitrogen and oxygen atoms in total. The highest BCUT2D eigenvalue weighted by Crippen LogP contribution is 2.28. The summed E-state index contributed by atoms with van der Waals surface area (Å²) in [7, 11) is 1.59. The third-order valence-corrected chi connectivity index (χ3v) is 3.79. The Morgan fingerprint density at radius 1 is 1.04 bits per heavy atom. The number of aromatic nitrogens is 2. The van der Waals surface area contributed by atoms with Gasteiger partial charge in [0.1, 0.15) is 28.9 Å². The minimum atomic E-state index is -0.411. The van der Waals surface area contributed by atoms with E-state index in [9.17, 15) is 9.18 Å². The molecule has 1 heterocycles. The summed E-state index contributed by atoms with van der Waals surface area (Å²) in [6, 6.07) is 12.8. The Balaban J connectivity index is 1.85. The van der Waals surface area contributed by atoms with Crippen LogP contribution in [0.4, 0.5) is 21.6 Å². The number of aryl methyl sites for hydroxylation is 2. The van der Waals surface area contributed by atoms with Gasteiger partial charge in [-0.15, -0.1) is 0 Å². The van der Waals surface area contributed by atoms with Gasteiger partial charge in [0.05, 0.1) is 12.8 Å². The van der Waals surface area contributed by atoms with Crippen LogP contribution in [0, 0.1) is 19.7 Å². The normalized spacial score (nSPS) is 10.4. The van der Waals surface area contributed by atoms with E-state index in [2.05, 4.69) is 20.6 Å². The topological polar surface area (TPSA) is 76.1 Å². The van der Waals surface area contributed by atoms with E-state index in [4.69, 9.17) is 4.74 Å². The molecule has 0 saturated heterocycles. The molecule has 0 aliphatic heterocycles. The number of hydrogen-bond acceptors (Lipinski definition) is 5. The summed E-state index contributed by atoms with van der Waals surface area (Å²) in [5.41, 5.74) is 2.47. The van der Waals surface area contributed by atoms with Crippen molar-refractivity contribution in [3.05, 3.63) is 71.4 Å². The molecule has 2 N–H and O–H groups in total. The molecule has 0 aliphatic carbocycles. The van der Waals surface area contributed by atoms with Crippen molar-refractivity contribution >= 4 is 23.1 Å². The predicted octanol–water partition coefficient (Wildman–Crippen LogP) is 4.24. The molecule has 0 saturated carbocycles. The van der Waals surface area contributed by atoms with E-state index in [-0.39, 0.29) is 11.5 Å². The third-order valence-electron chi connectivity index (χ3n) is 3.79. The van der Waals surface area contributed by atoms with Gasteiger partial charge >= 0.3 is 0 Å². The molecule has 0 unspecified atom stereocenters. The summed E-state index contributed by atoms with van der Waals surface area (Å²) < 4.78 is 18.4. The first-order valence-corrected chi connectivity index (χ1v) is 8.29. The van der Waals surface area contributed by atoms with Gasteiger partial charge in [-0.1, -0.05) is 6.07 Å². The van der Waals surface area contributed by atoms with Gasteiger partial charge in [-0.25, -0.2) is 14.4 Å². The SMILES string of the molecule is COc1ccc(C)cc1Nc1cc(C(=O)Nc2ccc(F)cc2)nc(C)n1. The van der Waals surface area contributed by atoms with Crippen LogP contribution in [0.15, 0.2) is 48.5 Å². The molecule has 2 aromatic carbocycles. The van der Waals surface area contributed by atoms with Crippen molar-refractivity contribution in [2.75, 3.05) is 17.7 Å². The maximum Gasteiger partial charge on any atom is 0.274 e. The lowest BCUT2D eigenvalue weighted by Gasteiger charge is -2.13. The van der Waals surface area contributed by atoms with Gasteiger partial charge in [0.15, 0.2) is 0 Å². The second kappa shape index (κ2) is 7.82. The van der Waals surface area contributed by atoms with Crippen molar-refractivity contribution in [1.29, 1.82) is 0 Å². The Kier molecular flexibility index (Phi) is 5.30. The van der Waals surface area contributed by atoms with Crippen molar-refractivity contribution in [2.24, 2.45) is 0 Å². The van der Waals surface area contributed by atoms with Gasteiger partial charge < -0.3 is 15.4 Å². The van der Waals surface area contributed by atoms with Crippen LogP contribution >= 0.6 is 0 Å². The van der Waals surface area contributed by atoms with Gasteiger partial charge in [0.2, 0.25) is 0 Å². The maximum atomic E-state index is 13.0. The number of nitrogens with zero attached hydrogens (tertiary/aromatic N) is 2. The minimum Gasteiger partial charge on any atom is -0.495 e. The lowest BCUT2D eigenvalue weighted by Crippen LogP contribution is -2.15. The predicted molar refractivity (Wildman–Crippen MR) is 102 cm³/mol. The molecule has 0 fully saturated rings. The van der Waals surface area contributed by atoms with Gasteiger partial charge in [-0.05, 0) is 55.8 Å². The van der Waals surface area contributed by atoms with E-state index in [0.29, 0.717) is 23.1 Å². The Morgan fingerprint density at radius 2 is 1.78 bits per heavy atom. The summed E-state index contributed by atoms with van der Waals surface area (Å²) in [5.74, 6) is 0.788. The van der Waals surface area contributed by atoms with Crippen molar-refractivity contribution in [3.63, 3.8) is 0 Å². The number of ether oxygens (including phenoxy) is 1. The van der Waals surface area contributed by atoms with E-state index in [1.807, 2.05) is 25.1 Å². The van der Waals surface area contributed by atoms with Gasteiger partial charge in [-0.3, -0.25) is 4.79 Å². The fourth-order valence-corrected chi connectivity index (χ4v) is 2.53. The summed E-state index contributed by atoms with van der Waals surface area (Å²) in [5, 5.41) is 5.85. The molecule has 0 bridgehead atoms. The van der Waals surface area contributed by atoms with Crippen LogP contribution < -0.4 is 15.4 Å². The molecule has 3 rings (SSSR count). The number of anilines is 3. The lowest BCUT2D eigenvalue weighted by molar-refractivity contribution is 0.102. The van der Waals surface area contributed by atoms with E-state index in [0.717, 1.165) is 11.3 Å². The zero-order valence-electron chi connectivity index (χ0n) is 15.2. The molecule has 0 atom stereocenters. The van der Waals surface area contributed by atoms with Gasteiger partial charge in [0, 0.05) is 11.8 Å². The van der Waals surface area contributed by atoms with Crippen LogP contribution in [0.5, 0.6) is 5.75 Å². The van der Waals surface area contributed by atoms with Crippen LogP contribution in [-0.4, -0.2) is 23.0 Å². The highest BCUT2D eigenvalue weighted by molar-refractivity contribution is 6.03. The molecular weight excluding hydrogens is 347 g/mol. The van der Waals surface area contributed by atoms with Crippen LogP contribution in [0.25, 0.3) is 0 Å². The first-order valence-electron chi connectivity index (χ1n) is 8.29. The fourth-order valence-electron chi connectivity index (χ4n) is 2.53. The number of methoxy groups -OCH3 is 1. The molecule has 3 aromatic rings. The zero-order chi connectivity index (χ0) is 19.4. The van der Waals surface area contributed by atoms with Crippen LogP contribution in [0.1, 0.15) is 21.9 Å². The number of carbonyl (C=O) groups excluding carboxylic acids is 1. The minimum absolute atomic E-state index is 0.195. The fraction of sp³-hybridized carbons (Fsp3) is 0.150. The van der Waals surface area contributed by atoms with E-state index in [1.165, 1.54) is 24.3 Å². The Bertz CT molecular complexity index is 974. The third kappa shape index (κ3) is 4.58. The smallest absolute Gasteiger partial charge is 0.274 e. The molecule has 0 spiro atoms. The number of rotatable bonds is 5. The molecule has 1 aromatic heterocycles. The Labute approximate surface area is 156 Å². The number of halogens is 1. The quantitative estimate of drug-likeness (QED) is 0.706. The standard InChI is InChI=1S/C20H19FN4O2/c1-12-4-9-18(27-3)16(10-12)25-19-11-17(22-13(2)23-19)20(26)24-15-7-5-14(21)6-8-15/h4-11H,1-3H3,(H,24,26)(H,22,23,25). The van der Waals surface area contributed by atoms with Gasteiger partial charge in [0.25, 0.3) is 5.91 Å². The van der Waals surface area contributed by atoms with Crippen molar-refractivity contribution < 1.29 is 13.9 Å². The number of hydrogen-bond donors (Lipinski definition) is 2. The largest absolute Gasteiger partial charge is 0.495 e. The van der Waals surface area contributed by atoms with E-state index >= 15 is 0 Å². The van der Waals surface area contributed by atoms with Crippen LogP contribution in [0.2, 0.25) is 0 Å². The average Bonchev–Trinajstić information content (AvgIpc) is 2.63. The maximum absolute atomic E-state index is 13.0. The summed E-state index contributed by atoms with van der Waals surface area (Å²) >= 11 is 0. The van der Waals surface area contributed by atoms with Crippen molar-refractivity contribution in [2.45, 2.75) is 13.8 Å². The summed E-state index contributed by atoms with van der Waals surface area (Å²) in [4.78, 5) is 21.0. The van der Waals surface area contributed by atoms with Crippen LogP contribution in [0.3, 0.4) is 0 Å². The number of benzene rings is 2. The van der Waals surface area contributed by atoms with Crippen molar-refractivity contribution in [1.82, 2.24) is 9.97 Å². The highest BCUT2D eigenvalue weighted by Gasteiger charge is 2.12. The second-order valence-corrected chi connectivity index (χ2v) is 5.98. The molecular formula is C20H19FN4O2. The molecule has 7 heteroatoms. The molecule has 138 valence electrons. The zero-order valence-corrected chi connectivity index (χ0v) is 15.2. The lowest BCUT2D eigenvalue weighted by atomic mass is 10.2. The summed E-state index contributed by atoms with van der Waals surface area (Å²) in [6.45, 7) is 3.67. The Hall–Kier alpha value is -3.48. The average molecular weight is 366 g/mol. The monoisotopic (exact) mass is 366 g/mol. The second-order valence-electron chi connectivity index (χ2n) is 5.98. The first kappa shape index (κ1) is 18.3. The molecule has 0 aliphatic rings. The molecule has 0 radical (unpaired) electrons. The van der Waals surface area contributed by atoms with E-state index in [1.54, 1.807) is 20.1 Å². The summed E-state index contributed by atoms with van der Waals surface area (Å²) in [6.07, 6.45) is 0. The Morgan fingerprint density at radius 3 is 2.48 bits per heavy atom.